The van der Waals surface area contributed by atoms with Gasteiger partial charge in [-0.15, -0.1) is 0 Å². The summed E-state index contributed by atoms with van der Waals surface area (Å²) in [7, 11) is 0. The molecule has 140 valence electrons. The van der Waals surface area contributed by atoms with E-state index in [1.165, 1.54) is 6.42 Å². The number of hydrogen-bond acceptors (Lipinski definition) is 4. The smallest absolute Gasteiger partial charge is 0.344 e. The maximum absolute atomic E-state index is 12.9. The Bertz CT molecular complexity index is 673. The Morgan fingerprint density at radius 2 is 1.92 bits per heavy atom. The summed E-state index contributed by atoms with van der Waals surface area (Å²) < 4.78 is 5.61. The third-order valence-electron chi connectivity index (χ3n) is 5.13. The van der Waals surface area contributed by atoms with Crippen LogP contribution in [0.5, 0.6) is 0 Å². The number of imide groups is 1. The molecule has 1 aromatic carbocycles. The lowest BCUT2D eigenvalue weighted by molar-refractivity contribution is -0.142. The zero-order valence-corrected chi connectivity index (χ0v) is 15.0. The number of hydrazine groups is 1. The minimum Gasteiger partial charge on any atom is -0.368 e. The lowest BCUT2D eigenvalue weighted by atomic mass is 9.87. The van der Waals surface area contributed by atoms with Crippen LogP contribution < -0.4 is 10.7 Å². The molecule has 2 fully saturated rings. The van der Waals surface area contributed by atoms with Crippen molar-refractivity contribution in [2.45, 2.75) is 57.1 Å². The highest BCUT2D eigenvalue weighted by molar-refractivity contribution is 6.08. The largest absolute Gasteiger partial charge is 0.368 e. The molecule has 1 atom stereocenters. The minimum atomic E-state index is -1.16. The maximum Gasteiger partial charge on any atom is 0.344 e. The highest BCUT2D eigenvalue weighted by Gasteiger charge is 2.52. The summed E-state index contributed by atoms with van der Waals surface area (Å²) in [4.78, 5) is 37.4. The Morgan fingerprint density at radius 3 is 2.58 bits per heavy atom. The van der Waals surface area contributed by atoms with Crippen molar-refractivity contribution in [2.75, 3.05) is 6.61 Å². The first kappa shape index (κ1) is 18.4. The second kappa shape index (κ2) is 7.86. The van der Waals surface area contributed by atoms with Gasteiger partial charge in [0.2, 0.25) is 0 Å². The molecule has 1 aliphatic heterocycles. The number of nitrogens with one attached hydrogen (secondary N) is 2. The number of amides is 4. The van der Waals surface area contributed by atoms with E-state index >= 15 is 0 Å². The van der Waals surface area contributed by atoms with Gasteiger partial charge in [-0.25, -0.2) is 4.79 Å². The van der Waals surface area contributed by atoms with E-state index in [1.807, 2.05) is 25.1 Å². The summed E-state index contributed by atoms with van der Waals surface area (Å²) >= 11 is 0. The monoisotopic (exact) mass is 359 g/mol. The normalized spacial score (nSPS) is 23.8. The lowest BCUT2D eigenvalue weighted by Crippen LogP contribution is -2.49. The van der Waals surface area contributed by atoms with Crippen LogP contribution >= 0.6 is 0 Å². The van der Waals surface area contributed by atoms with Gasteiger partial charge in [0, 0.05) is 0 Å². The summed E-state index contributed by atoms with van der Waals surface area (Å²) in [5.74, 6) is -0.985. The average molecular weight is 359 g/mol. The van der Waals surface area contributed by atoms with Gasteiger partial charge < -0.3 is 10.1 Å². The van der Waals surface area contributed by atoms with E-state index in [0.717, 1.165) is 30.7 Å². The van der Waals surface area contributed by atoms with Crippen LogP contribution in [0.15, 0.2) is 30.3 Å². The fourth-order valence-electron chi connectivity index (χ4n) is 3.62. The van der Waals surface area contributed by atoms with E-state index in [-0.39, 0.29) is 12.7 Å². The predicted octanol–water partition coefficient (Wildman–Crippen LogP) is 2.22. The van der Waals surface area contributed by atoms with Crippen LogP contribution in [0.25, 0.3) is 0 Å². The standard InChI is InChI=1S/C19H25N3O4/c1-2-19(14-9-5-3-6-10-14)17(24)22(18(25)20-19)21-16(23)13-26-15-11-7-4-8-12-15/h3,5-6,9-10,15H,2,4,7-8,11-13H2,1H3,(H,20,25)(H,21,23)/t19-/m0/s1. The first-order valence-electron chi connectivity index (χ1n) is 9.20. The van der Waals surface area contributed by atoms with Gasteiger partial charge >= 0.3 is 6.03 Å². The molecular formula is C19H25N3O4. The van der Waals surface area contributed by atoms with E-state index in [0.29, 0.717) is 12.0 Å². The van der Waals surface area contributed by atoms with Crippen LogP contribution in [0.2, 0.25) is 0 Å². The van der Waals surface area contributed by atoms with Gasteiger partial charge in [0.1, 0.15) is 12.1 Å². The fraction of sp³-hybridized carbons (Fsp3) is 0.526. The van der Waals surface area contributed by atoms with E-state index in [2.05, 4.69) is 10.7 Å². The van der Waals surface area contributed by atoms with Crippen molar-refractivity contribution in [1.82, 2.24) is 15.8 Å². The molecule has 1 aliphatic carbocycles. The highest BCUT2D eigenvalue weighted by atomic mass is 16.5. The summed E-state index contributed by atoms with van der Waals surface area (Å²) in [5, 5.41) is 3.49. The molecule has 7 nitrogen and oxygen atoms in total. The quantitative estimate of drug-likeness (QED) is 0.763. The number of rotatable bonds is 6. The molecule has 3 rings (SSSR count). The molecule has 2 aliphatic rings. The first-order valence-corrected chi connectivity index (χ1v) is 9.20. The Labute approximate surface area is 153 Å². The van der Waals surface area contributed by atoms with Crippen molar-refractivity contribution in [1.29, 1.82) is 0 Å². The maximum atomic E-state index is 12.9. The van der Waals surface area contributed by atoms with Crippen LogP contribution in [0.1, 0.15) is 51.0 Å². The number of ether oxygens (including phenoxy) is 1. The molecule has 0 radical (unpaired) electrons. The van der Waals surface area contributed by atoms with Crippen molar-refractivity contribution in [3.05, 3.63) is 35.9 Å². The molecule has 1 aromatic rings. The third kappa shape index (κ3) is 3.58. The van der Waals surface area contributed by atoms with Gasteiger partial charge in [0.05, 0.1) is 6.10 Å². The molecule has 7 heteroatoms. The van der Waals surface area contributed by atoms with Crippen LogP contribution in [-0.2, 0) is 19.9 Å². The summed E-state index contributed by atoms with van der Waals surface area (Å²) in [6.45, 7) is 1.66. The van der Waals surface area contributed by atoms with Gasteiger partial charge in [0.15, 0.2) is 0 Å². The highest BCUT2D eigenvalue weighted by Crippen LogP contribution is 2.31. The van der Waals surface area contributed by atoms with Crippen LogP contribution in [-0.4, -0.2) is 35.6 Å². The zero-order chi connectivity index (χ0) is 18.6. The van der Waals surface area contributed by atoms with Gasteiger partial charge in [0.25, 0.3) is 11.8 Å². The molecule has 1 saturated heterocycles. The van der Waals surface area contributed by atoms with Crippen molar-refractivity contribution in [2.24, 2.45) is 0 Å². The molecule has 0 unspecified atom stereocenters. The molecule has 0 bridgehead atoms. The van der Waals surface area contributed by atoms with E-state index in [4.69, 9.17) is 4.74 Å². The third-order valence-corrected chi connectivity index (χ3v) is 5.13. The van der Waals surface area contributed by atoms with E-state index < -0.39 is 23.4 Å². The minimum absolute atomic E-state index is 0.0802. The molecular weight excluding hydrogens is 334 g/mol. The van der Waals surface area contributed by atoms with E-state index in [9.17, 15) is 14.4 Å². The second-order valence-electron chi connectivity index (χ2n) is 6.80. The number of benzene rings is 1. The lowest BCUT2D eigenvalue weighted by Gasteiger charge is -2.25. The van der Waals surface area contributed by atoms with Crippen molar-refractivity contribution in [3.8, 4) is 0 Å². The second-order valence-corrected chi connectivity index (χ2v) is 6.80. The first-order chi connectivity index (χ1) is 12.6. The number of carbonyl (C=O) groups is 3. The Kier molecular flexibility index (Phi) is 5.56. The van der Waals surface area contributed by atoms with E-state index in [1.54, 1.807) is 12.1 Å². The molecule has 26 heavy (non-hydrogen) atoms. The number of nitrogens with zero attached hydrogens (tertiary/aromatic N) is 1. The molecule has 0 spiro atoms. The van der Waals surface area contributed by atoms with Crippen molar-refractivity contribution >= 4 is 17.8 Å². The van der Waals surface area contributed by atoms with Crippen LogP contribution in [0, 0.1) is 0 Å². The molecule has 1 heterocycles. The average Bonchev–Trinajstić information content (AvgIpc) is 2.93. The van der Waals surface area contributed by atoms with Crippen molar-refractivity contribution < 1.29 is 19.1 Å². The number of hydrogen-bond donors (Lipinski definition) is 2. The Morgan fingerprint density at radius 1 is 1.23 bits per heavy atom. The van der Waals surface area contributed by atoms with Crippen molar-refractivity contribution in [3.63, 3.8) is 0 Å². The Balaban J connectivity index is 1.64. The molecule has 4 amide bonds. The van der Waals surface area contributed by atoms with Crippen LogP contribution in [0.3, 0.4) is 0 Å². The summed E-state index contributed by atoms with van der Waals surface area (Å²) in [6, 6.07) is 8.41. The van der Waals surface area contributed by atoms with Gasteiger partial charge in [-0.05, 0) is 24.8 Å². The van der Waals surface area contributed by atoms with Gasteiger partial charge in [-0.1, -0.05) is 56.5 Å². The summed E-state index contributed by atoms with van der Waals surface area (Å²) in [6.07, 6.45) is 5.77. The number of carbonyl (C=O) groups excluding carboxylic acids is 3. The molecule has 2 N–H and O–H groups in total. The van der Waals surface area contributed by atoms with Crippen LogP contribution in [0.4, 0.5) is 4.79 Å². The summed E-state index contributed by atoms with van der Waals surface area (Å²) in [5.41, 5.74) is 1.92. The SMILES string of the molecule is CC[C@@]1(c2ccccc2)NC(=O)N(NC(=O)COC2CCCCC2)C1=O. The fourth-order valence-corrected chi connectivity index (χ4v) is 3.62. The predicted molar refractivity (Wildman–Crippen MR) is 94.8 cm³/mol. The Hall–Kier alpha value is -2.41. The topological polar surface area (TPSA) is 87.7 Å². The molecule has 0 aromatic heterocycles. The number of urea groups is 1. The van der Waals surface area contributed by atoms with Gasteiger partial charge in [-0.2, -0.15) is 5.01 Å². The molecule has 1 saturated carbocycles. The zero-order valence-electron chi connectivity index (χ0n) is 15.0. The van der Waals surface area contributed by atoms with Gasteiger partial charge in [-0.3, -0.25) is 15.0 Å².